The fraction of sp³-hybridized carbons (Fsp3) is 0.571. The summed E-state index contributed by atoms with van der Waals surface area (Å²) in [4.78, 5) is 0. The van der Waals surface area contributed by atoms with Crippen LogP contribution in [0.2, 0.25) is 0 Å². The minimum absolute atomic E-state index is 0.712. The van der Waals surface area contributed by atoms with Gasteiger partial charge in [0, 0.05) is 20.5 Å². The number of hydrogen-bond acceptors (Lipinski definition) is 2. The van der Waals surface area contributed by atoms with Crippen molar-refractivity contribution in [3.8, 4) is 0 Å². The number of benzene rings is 1. The van der Waals surface area contributed by atoms with E-state index < -0.39 is 0 Å². The minimum Gasteiger partial charge on any atom is -0.148 e. The molecule has 0 spiro atoms. The summed E-state index contributed by atoms with van der Waals surface area (Å²) in [6.07, 6.45) is 5.93. The average molecular weight is 248 g/mol. The first-order chi connectivity index (χ1) is 7.90. The van der Waals surface area contributed by atoms with Gasteiger partial charge >= 0.3 is 0 Å². The highest BCUT2D eigenvalue weighted by Crippen LogP contribution is 2.75. The van der Waals surface area contributed by atoms with Crippen LogP contribution in [0, 0.1) is 0 Å². The smallest absolute Gasteiger partial charge is 0.0433 e. The Hall–Kier alpha value is -0.0800. The summed E-state index contributed by atoms with van der Waals surface area (Å²) in [7, 11) is 0. The zero-order valence-corrected chi connectivity index (χ0v) is 10.9. The second kappa shape index (κ2) is 3.46. The predicted octanol–water partition coefficient (Wildman–Crippen LogP) is 4.27. The molecule has 4 atom stereocenters. The van der Waals surface area contributed by atoms with Gasteiger partial charge in [-0.1, -0.05) is 43.2 Å². The van der Waals surface area contributed by atoms with E-state index in [-0.39, 0.29) is 0 Å². The van der Waals surface area contributed by atoms with Crippen LogP contribution in [0.1, 0.15) is 36.5 Å². The van der Waals surface area contributed by atoms with E-state index in [9.17, 15) is 0 Å². The van der Waals surface area contributed by atoms with Crippen LogP contribution in [-0.2, 0) is 0 Å². The molecule has 2 heterocycles. The number of hydrogen-bond donors (Lipinski definition) is 0. The highest BCUT2D eigenvalue weighted by atomic mass is 32.2. The topological polar surface area (TPSA) is 0 Å². The first kappa shape index (κ1) is 9.90. The highest BCUT2D eigenvalue weighted by Gasteiger charge is 2.67. The van der Waals surface area contributed by atoms with Gasteiger partial charge in [-0.15, -0.1) is 23.5 Å². The van der Waals surface area contributed by atoms with Gasteiger partial charge in [0.1, 0.15) is 0 Å². The summed E-state index contributed by atoms with van der Waals surface area (Å²) in [6.45, 7) is 0. The largest absolute Gasteiger partial charge is 0.148 e. The van der Waals surface area contributed by atoms with Crippen molar-refractivity contribution in [2.45, 2.75) is 46.2 Å². The maximum absolute atomic E-state index is 2.30. The van der Waals surface area contributed by atoms with Crippen LogP contribution in [0.5, 0.6) is 0 Å². The molecule has 4 rings (SSSR count). The first-order valence-electron chi connectivity index (χ1n) is 6.28. The van der Waals surface area contributed by atoms with E-state index in [2.05, 4.69) is 53.9 Å². The van der Waals surface area contributed by atoms with Crippen LogP contribution in [0.3, 0.4) is 0 Å². The normalized spacial score (nSPS) is 44.9. The molecule has 2 saturated heterocycles. The third-order valence-electron chi connectivity index (χ3n) is 4.23. The van der Waals surface area contributed by atoms with Crippen molar-refractivity contribution < 1.29 is 0 Å². The Morgan fingerprint density at radius 2 is 2.00 bits per heavy atom. The van der Waals surface area contributed by atoms with Crippen LogP contribution < -0.4 is 0 Å². The summed E-state index contributed by atoms with van der Waals surface area (Å²) in [5.74, 6) is 0. The zero-order valence-electron chi connectivity index (χ0n) is 9.26. The molecule has 0 amide bonds. The summed E-state index contributed by atoms with van der Waals surface area (Å²) in [5.41, 5.74) is 1.56. The van der Waals surface area contributed by atoms with Gasteiger partial charge in [-0.2, -0.15) is 0 Å². The van der Waals surface area contributed by atoms with E-state index in [1.165, 1.54) is 25.7 Å². The molecule has 2 heteroatoms. The van der Waals surface area contributed by atoms with Crippen molar-refractivity contribution in [2.24, 2.45) is 0 Å². The second-order valence-corrected chi connectivity index (χ2v) is 8.05. The Bertz CT molecular complexity index is 402. The molecule has 1 aromatic carbocycles. The molecule has 0 N–H and O–H groups in total. The predicted molar refractivity (Wildman–Crippen MR) is 73.1 cm³/mol. The molecule has 16 heavy (non-hydrogen) atoms. The van der Waals surface area contributed by atoms with E-state index in [4.69, 9.17) is 0 Å². The fourth-order valence-corrected chi connectivity index (χ4v) is 6.88. The number of rotatable bonds is 2. The highest BCUT2D eigenvalue weighted by molar-refractivity contribution is 8.13. The first-order valence-corrected chi connectivity index (χ1v) is 8.11. The molecule has 0 nitrogen and oxygen atoms in total. The maximum atomic E-state index is 2.30. The molecular formula is C14H16S2. The molecule has 84 valence electrons. The monoisotopic (exact) mass is 248 g/mol. The molecule has 4 unspecified atom stereocenters. The summed E-state index contributed by atoms with van der Waals surface area (Å²) >= 11 is 4.51. The van der Waals surface area contributed by atoms with Crippen LogP contribution in [-0.4, -0.2) is 15.2 Å². The molecule has 1 saturated carbocycles. The van der Waals surface area contributed by atoms with E-state index in [0.29, 0.717) is 4.75 Å². The van der Waals surface area contributed by atoms with Gasteiger partial charge in [-0.3, -0.25) is 0 Å². The molecule has 2 aliphatic heterocycles. The van der Waals surface area contributed by atoms with Gasteiger partial charge in [0.15, 0.2) is 0 Å². The van der Waals surface area contributed by atoms with Crippen molar-refractivity contribution >= 4 is 23.5 Å². The molecule has 0 bridgehead atoms. The quantitative estimate of drug-likeness (QED) is 0.717. The molecular weight excluding hydrogens is 232 g/mol. The van der Waals surface area contributed by atoms with Gasteiger partial charge in [-0.05, 0) is 18.4 Å². The zero-order chi connectivity index (χ0) is 10.6. The van der Waals surface area contributed by atoms with Gasteiger partial charge in [-0.25, -0.2) is 0 Å². The van der Waals surface area contributed by atoms with E-state index in [0.717, 1.165) is 15.7 Å². The van der Waals surface area contributed by atoms with Crippen molar-refractivity contribution in [3.63, 3.8) is 0 Å². The Morgan fingerprint density at radius 1 is 1.12 bits per heavy atom. The summed E-state index contributed by atoms with van der Waals surface area (Å²) < 4.78 is 0.712. The lowest BCUT2D eigenvalue weighted by atomic mass is 9.85. The molecule has 0 aromatic heterocycles. The standard InChI is InChI=1S/C14H16S2/c1-2-6-10(7-3-1)12-13(15-12)14-9-5-4-8-11(14)16-14/h1-3,6-7,11-13H,4-5,8-9H2. The minimum atomic E-state index is 0.712. The summed E-state index contributed by atoms with van der Waals surface area (Å²) in [6, 6.07) is 11.1. The lowest BCUT2D eigenvalue weighted by Gasteiger charge is -2.18. The van der Waals surface area contributed by atoms with Crippen molar-refractivity contribution in [2.75, 3.05) is 0 Å². The Morgan fingerprint density at radius 3 is 2.81 bits per heavy atom. The lowest BCUT2D eigenvalue weighted by Crippen LogP contribution is -2.24. The van der Waals surface area contributed by atoms with E-state index >= 15 is 0 Å². The van der Waals surface area contributed by atoms with E-state index in [1.807, 2.05) is 0 Å². The maximum Gasteiger partial charge on any atom is 0.0433 e. The molecule has 1 aliphatic carbocycles. The van der Waals surface area contributed by atoms with Crippen LogP contribution in [0.4, 0.5) is 0 Å². The molecule has 3 aliphatic rings. The van der Waals surface area contributed by atoms with Gasteiger partial charge in [0.2, 0.25) is 0 Å². The molecule has 1 aromatic rings. The molecule has 0 radical (unpaired) electrons. The van der Waals surface area contributed by atoms with E-state index in [1.54, 1.807) is 5.56 Å². The molecule has 3 fully saturated rings. The average Bonchev–Trinajstić information content (AvgIpc) is 3.22. The van der Waals surface area contributed by atoms with Crippen LogP contribution in [0.25, 0.3) is 0 Å². The third-order valence-corrected chi connectivity index (χ3v) is 7.76. The third kappa shape index (κ3) is 1.39. The van der Waals surface area contributed by atoms with Crippen LogP contribution in [0.15, 0.2) is 30.3 Å². The van der Waals surface area contributed by atoms with Gasteiger partial charge in [0.25, 0.3) is 0 Å². The van der Waals surface area contributed by atoms with Gasteiger partial charge < -0.3 is 0 Å². The van der Waals surface area contributed by atoms with Crippen LogP contribution >= 0.6 is 23.5 Å². The van der Waals surface area contributed by atoms with Crippen molar-refractivity contribution in [3.05, 3.63) is 35.9 Å². The lowest BCUT2D eigenvalue weighted by molar-refractivity contribution is 0.463. The Balaban J connectivity index is 1.53. The fourth-order valence-electron chi connectivity index (χ4n) is 3.26. The number of thioether (sulfide) groups is 2. The van der Waals surface area contributed by atoms with Gasteiger partial charge in [0.05, 0.1) is 0 Å². The van der Waals surface area contributed by atoms with Crippen molar-refractivity contribution in [1.82, 2.24) is 0 Å². The second-order valence-electron chi connectivity index (χ2n) is 5.20. The van der Waals surface area contributed by atoms with Crippen molar-refractivity contribution in [1.29, 1.82) is 0 Å². The number of fused-ring (bicyclic) bond motifs is 1. The SMILES string of the molecule is c1ccc(C2SC2C23CCCCC2S3)cc1. The Kier molecular flexibility index (Phi) is 2.14. The summed E-state index contributed by atoms with van der Waals surface area (Å²) in [5, 5.41) is 2.77. The Labute approximate surface area is 106 Å².